The van der Waals surface area contributed by atoms with Gasteiger partial charge in [-0.2, -0.15) is 5.10 Å². The van der Waals surface area contributed by atoms with Crippen LogP contribution in [0.4, 0.5) is 0 Å². The van der Waals surface area contributed by atoms with Crippen LogP contribution in [0.5, 0.6) is 0 Å². The highest BCUT2D eigenvalue weighted by atomic mass is 35.5. The fourth-order valence-corrected chi connectivity index (χ4v) is 1.41. The number of allylic oxidation sites excluding steroid dienone is 2. The molecule has 0 saturated carbocycles. The molecule has 52 valence electrons. The zero-order valence-corrected chi connectivity index (χ0v) is 6.10. The van der Waals surface area contributed by atoms with E-state index in [9.17, 15) is 0 Å². The first-order valence-corrected chi connectivity index (χ1v) is 3.61. The molecule has 0 saturated heterocycles. The summed E-state index contributed by atoms with van der Waals surface area (Å²) in [5.74, 6) is 0. The minimum absolute atomic E-state index is 0.331. The van der Waals surface area contributed by atoms with E-state index in [4.69, 9.17) is 11.6 Å². The summed E-state index contributed by atoms with van der Waals surface area (Å²) in [5.41, 5.74) is 4.06. The van der Waals surface area contributed by atoms with Crippen LogP contribution in [-0.2, 0) is 0 Å². The molecule has 1 aliphatic carbocycles. The zero-order valence-electron chi connectivity index (χ0n) is 5.34. The molecule has 2 aliphatic rings. The van der Waals surface area contributed by atoms with Gasteiger partial charge < -0.3 is 5.43 Å². The van der Waals surface area contributed by atoms with Crippen molar-refractivity contribution >= 4 is 16.8 Å². The van der Waals surface area contributed by atoms with Gasteiger partial charge in [0.1, 0.15) is 0 Å². The maximum absolute atomic E-state index is 5.77. The van der Waals surface area contributed by atoms with Crippen LogP contribution in [-0.4, -0.2) is 11.2 Å². The van der Waals surface area contributed by atoms with E-state index in [-0.39, 0.29) is 0 Å². The average molecular weight is 155 g/mol. The van der Waals surface area contributed by atoms with E-state index < -0.39 is 0 Å². The van der Waals surface area contributed by atoms with Gasteiger partial charge in [0.25, 0.3) is 0 Å². The number of nitrogens with zero attached hydrogens (tertiary/aromatic N) is 1. The third-order valence-electron chi connectivity index (χ3n) is 1.72. The van der Waals surface area contributed by atoms with Crippen molar-refractivity contribution in [3.8, 4) is 0 Å². The largest absolute Gasteiger partial charge is 0.301 e. The van der Waals surface area contributed by atoms with Crippen LogP contribution in [0.25, 0.3) is 0 Å². The quantitative estimate of drug-likeness (QED) is 0.561. The SMILES string of the molecule is ClC1=NNC2CC=CC=C12. The average Bonchev–Trinajstić information content (AvgIpc) is 2.34. The highest BCUT2D eigenvalue weighted by molar-refractivity contribution is 6.70. The molecule has 0 bridgehead atoms. The summed E-state index contributed by atoms with van der Waals surface area (Å²) in [4.78, 5) is 0. The van der Waals surface area contributed by atoms with Crippen LogP contribution >= 0.6 is 11.6 Å². The lowest BCUT2D eigenvalue weighted by molar-refractivity contribution is 0.643. The van der Waals surface area contributed by atoms with Crippen molar-refractivity contribution < 1.29 is 0 Å². The maximum atomic E-state index is 5.77. The summed E-state index contributed by atoms with van der Waals surface area (Å²) in [5, 5.41) is 4.51. The van der Waals surface area contributed by atoms with Crippen molar-refractivity contribution in [2.75, 3.05) is 0 Å². The monoisotopic (exact) mass is 154 g/mol. The van der Waals surface area contributed by atoms with Crippen molar-refractivity contribution in [1.29, 1.82) is 0 Å². The number of nitrogens with one attached hydrogen (secondary N) is 1. The Bertz CT molecular complexity index is 240. The molecule has 0 radical (unpaired) electrons. The van der Waals surface area contributed by atoms with Gasteiger partial charge in [-0.1, -0.05) is 29.8 Å². The molecule has 2 rings (SSSR count). The Kier molecular flexibility index (Phi) is 1.27. The molecule has 10 heavy (non-hydrogen) atoms. The molecule has 0 fully saturated rings. The van der Waals surface area contributed by atoms with Crippen LogP contribution in [0.3, 0.4) is 0 Å². The Hall–Kier alpha value is -0.760. The van der Waals surface area contributed by atoms with Crippen molar-refractivity contribution in [1.82, 2.24) is 5.43 Å². The highest BCUT2D eigenvalue weighted by Crippen LogP contribution is 2.20. The van der Waals surface area contributed by atoms with Gasteiger partial charge in [0.05, 0.1) is 6.04 Å². The summed E-state index contributed by atoms with van der Waals surface area (Å²) in [6.45, 7) is 0. The number of fused-ring (bicyclic) bond motifs is 1. The molecule has 1 heterocycles. The lowest BCUT2D eigenvalue weighted by Crippen LogP contribution is -2.21. The Morgan fingerprint density at radius 2 is 2.60 bits per heavy atom. The molecule has 3 heteroatoms. The molecule has 2 nitrogen and oxygen atoms in total. The second-order valence-corrected chi connectivity index (χ2v) is 2.73. The van der Waals surface area contributed by atoms with E-state index in [1.165, 1.54) is 0 Å². The van der Waals surface area contributed by atoms with E-state index in [2.05, 4.69) is 16.6 Å². The van der Waals surface area contributed by atoms with E-state index in [0.717, 1.165) is 12.0 Å². The number of halogens is 1. The first kappa shape index (κ1) is 5.98. The minimum atomic E-state index is 0.331. The van der Waals surface area contributed by atoms with E-state index in [1.807, 2.05) is 12.2 Å². The normalized spacial score (nSPS) is 28.7. The van der Waals surface area contributed by atoms with Gasteiger partial charge in [0.15, 0.2) is 5.17 Å². The van der Waals surface area contributed by atoms with Crippen LogP contribution < -0.4 is 5.43 Å². The molecule has 1 unspecified atom stereocenters. The zero-order chi connectivity index (χ0) is 6.97. The molecule has 1 atom stereocenters. The van der Waals surface area contributed by atoms with Crippen molar-refractivity contribution in [2.45, 2.75) is 12.5 Å². The molecule has 1 aliphatic heterocycles. The highest BCUT2D eigenvalue weighted by Gasteiger charge is 2.23. The molecular formula is C7H7ClN2. The Morgan fingerprint density at radius 1 is 1.70 bits per heavy atom. The van der Waals surface area contributed by atoms with Gasteiger partial charge in [-0.15, -0.1) is 0 Å². The van der Waals surface area contributed by atoms with Crippen LogP contribution in [0, 0.1) is 0 Å². The smallest absolute Gasteiger partial charge is 0.154 e. The minimum Gasteiger partial charge on any atom is -0.301 e. The number of hydrazone groups is 1. The van der Waals surface area contributed by atoms with Gasteiger partial charge in [0, 0.05) is 5.57 Å². The number of rotatable bonds is 0. The maximum Gasteiger partial charge on any atom is 0.154 e. The lowest BCUT2D eigenvalue weighted by Gasteiger charge is -2.11. The van der Waals surface area contributed by atoms with E-state index >= 15 is 0 Å². The van der Waals surface area contributed by atoms with Crippen molar-refractivity contribution in [2.24, 2.45) is 5.10 Å². The molecular weight excluding hydrogens is 148 g/mol. The molecule has 0 aromatic rings. The topological polar surface area (TPSA) is 24.4 Å². The first-order chi connectivity index (χ1) is 4.88. The van der Waals surface area contributed by atoms with Crippen LogP contribution in [0.2, 0.25) is 0 Å². The van der Waals surface area contributed by atoms with E-state index in [1.54, 1.807) is 0 Å². The molecule has 1 N–H and O–H groups in total. The van der Waals surface area contributed by atoms with Gasteiger partial charge >= 0.3 is 0 Å². The van der Waals surface area contributed by atoms with Gasteiger partial charge in [-0.05, 0) is 6.42 Å². The summed E-state index contributed by atoms with van der Waals surface area (Å²) in [6.07, 6.45) is 7.11. The Labute approximate surface area is 64.3 Å². The summed E-state index contributed by atoms with van der Waals surface area (Å²) in [7, 11) is 0. The standard InChI is InChI=1S/C7H7ClN2/c8-7-5-3-1-2-4-6(5)9-10-7/h1-3,6,9H,4H2. The summed E-state index contributed by atoms with van der Waals surface area (Å²) < 4.78 is 0. The van der Waals surface area contributed by atoms with Gasteiger partial charge in [0.2, 0.25) is 0 Å². The second-order valence-electron chi connectivity index (χ2n) is 2.37. The van der Waals surface area contributed by atoms with Gasteiger partial charge in [-0.25, -0.2) is 0 Å². The lowest BCUT2D eigenvalue weighted by atomic mass is 10.0. The third-order valence-corrected chi connectivity index (χ3v) is 2.02. The predicted octanol–water partition coefficient (Wildman–Crippen LogP) is 1.40. The first-order valence-electron chi connectivity index (χ1n) is 3.24. The second kappa shape index (κ2) is 2.13. The van der Waals surface area contributed by atoms with Crippen LogP contribution in [0.1, 0.15) is 6.42 Å². The Morgan fingerprint density at radius 3 is 3.40 bits per heavy atom. The molecule has 0 aromatic carbocycles. The molecule has 0 aromatic heterocycles. The Balaban J connectivity index is 2.34. The third kappa shape index (κ3) is 0.762. The van der Waals surface area contributed by atoms with E-state index in [0.29, 0.717) is 11.2 Å². The summed E-state index contributed by atoms with van der Waals surface area (Å²) >= 11 is 5.77. The number of hydrogen-bond acceptors (Lipinski definition) is 2. The van der Waals surface area contributed by atoms with Gasteiger partial charge in [-0.3, -0.25) is 0 Å². The van der Waals surface area contributed by atoms with Crippen LogP contribution in [0.15, 0.2) is 28.9 Å². The fraction of sp³-hybridized carbons (Fsp3) is 0.286. The predicted molar refractivity (Wildman–Crippen MR) is 42.1 cm³/mol. The molecule has 0 spiro atoms. The fourth-order valence-electron chi connectivity index (χ4n) is 1.16. The number of hydrogen-bond donors (Lipinski definition) is 1. The van der Waals surface area contributed by atoms with Crippen molar-refractivity contribution in [3.05, 3.63) is 23.8 Å². The van der Waals surface area contributed by atoms with Crippen molar-refractivity contribution in [3.63, 3.8) is 0 Å². The summed E-state index contributed by atoms with van der Waals surface area (Å²) in [6, 6.07) is 0.331. The molecule has 0 amide bonds.